The molecule has 3 heteroatoms. The maximum Gasteiger partial charge on any atom is 0.124 e. The van der Waals surface area contributed by atoms with Crippen LogP contribution in [0.2, 0.25) is 0 Å². The molecule has 1 aliphatic rings. The van der Waals surface area contributed by atoms with Gasteiger partial charge in [-0.1, -0.05) is 32.0 Å². The topological polar surface area (TPSA) is 30.5 Å². The van der Waals surface area contributed by atoms with Crippen molar-refractivity contribution in [3.8, 4) is 5.75 Å². The van der Waals surface area contributed by atoms with Gasteiger partial charge in [-0.3, -0.25) is 0 Å². The van der Waals surface area contributed by atoms with Crippen LogP contribution in [0.15, 0.2) is 24.3 Å². The Morgan fingerprint density at radius 3 is 2.85 bits per heavy atom. The molecule has 0 saturated carbocycles. The van der Waals surface area contributed by atoms with E-state index in [2.05, 4.69) is 37.4 Å². The quantitative estimate of drug-likeness (QED) is 0.826. The molecule has 0 bridgehead atoms. The molecule has 1 heterocycles. The zero-order valence-electron chi connectivity index (χ0n) is 12.9. The summed E-state index contributed by atoms with van der Waals surface area (Å²) >= 11 is 0. The number of nitrogens with one attached hydrogen (secondary N) is 1. The third kappa shape index (κ3) is 3.33. The Kier molecular flexibility index (Phi) is 5.86. The zero-order valence-corrected chi connectivity index (χ0v) is 12.9. The van der Waals surface area contributed by atoms with E-state index >= 15 is 0 Å². The third-order valence-electron chi connectivity index (χ3n) is 4.12. The van der Waals surface area contributed by atoms with Crippen LogP contribution in [0.4, 0.5) is 0 Å². The van der Waals surface area contributed by atoms with Crippen LogP contribution < -0.4 is 10.1 Å². The lowest BCUT2D eigenvalue weighted by Crippen LogP contribution is -2.31. The second kappa shape index (κ2) is 7.65. The van der Waals surface area contributed by atoms with Crippen molar-refractivity contribution in [2.24, 2.45) is 5.92 Å². The summed E-state index contributed by atoms with van der Waals surface area (Å²) in [6, 6.07) is 8.69. The number of para-hydroxylation sites is 1. The lowest BCUT2D eigenvalue weighted by atomic mass is 9.86. The van der Waals surface area contributed by atoms with Crippen molar-refractivity contribution in [1.82, 2.24) is 5.32 Å². The second-order valence-corrected chi connectivity index (χ2v) is 5.42. The highest BCUT2D eigenvalue weighted by Crippen LogP contribution is 2.38. The van der Waals surface area contributed by atoms with Crippen molar-refractivity contribution in [3.63, 3.8) is 0 Å². The molecule has 0 aromatic heterocycles. The van der Waals surface area contributed by atoms with E-state index in [0.717, 1.165) is 38.2 Å². The predicted octanol–water partition coefficient (Wildman–Crippen LogP) is 3.55. The Bertz CT molecular complexity index is 408. The van der Waals surface area contributed by atoms with Gasteiger partial charge in [0.1, 0.15) is 5.75 Å². The van der Waals surface area contributed by atoms with E-state index in [1.54, 1.807) is 0 Å². The first-order valence-corrected chi connectivity index (χ1v) is 7.82. The van der Waals surface area contributed by atoms with E-state index in [4.69, 9.17) is 9.47 Å². The van der Waals surface area contributed by atoms with Gasteiger partial charge in [-0.05, 0) is 32.4 Å². The summed E-state index contributed by atoms with van der Waals surface area (Å²) in [5.41, 5.74) is 1.26. The highest BCUT2D eigenvalue weighted by Gasteiger charge is 2.34. The lowest BCUT2D eigenvalue weighted by molar-refractivity contribution is 0.0779. The van der Waals surface area contributed by atoms with E-state index in [1.165, 1.54) is 5.56 Å². The molecule has 0 radical (unpaired) electrons. The molecule has 1 saturated heterocycles. The first kappa shape index (κ1) is 15.3. The molecule has 0 amide bonds. The summed E-state index contributed by atoms with van der Waals surface area (Å²) in [5, 5.41) is 3.48. The minimum absolute atomic E-state index is 0.301. The van der Waals surface area contributed by atoms with Crippen molar-refractivity contribution in [3.05, 3.63) is 29.8 Å². The summed E-state index contributed by atoms with van der Waals surface area (Å²) in [7, 11) is 2.03. The van der Waals surface area contributed by atoms with Gasteiger partial charge in [0.05, 0.1) is 12.7 Å². The molecule has 0 aliphatic carbocycles. The zero-order chi connectivity index (χ0) is 14.4. The van der Waals surface area contributed by atoms with Crippen molar-refractivity contribution in [2.45, 2.75) is 45.3 Å². The minimum Gasteiger partial charge on any atom is -0.493 e. The molecule has 1 aromatic rings. The molecule has 1 aliphatic heterocycles. The van der Waals surface area contributed by atoms with Gasteiger partial charge in [-0.15, -0.1) is 0 Å². The van der Waals surface area contributed by atoms with Crippen molar-refractivity contribution < 1.29 is 9.47 Å². The molecular weight excluding hydrogens is 250 g/mol. The van der Waals surface area contributed by atoms with E-state index in [-0.39, 0.29) is 0 Å². The fraction of sp³-hybridized carbons (Fsp3) is 0.647. The maximum absolute atomic E-state index is 5.92. The molecule has 1 aromatic carbocycles. The fourth-order valence-electron chi connectivity index (χ4n) is 3.15. The Hall–Kier alpha value is -1.06. The maximum atomic E-state index is 5.92. The van der Waals surface area contributed by atoms with Crippen molar-refractivity contribution >= 4 is 0 Å². The monoisotopic (exact) mass is 277 g/mol. The molecule has 2 rings (SSSR count). The normalized spacial score (nSPS) is 23.8. The first-order chi connectivity index (χ1) is 9.81. The fourth-order valence-corrected chi connectivity index (χ4v) is 3.15. The molecule has 0 spiro atoms. The number of hydrogen-bond acceptors (Lipinski definition) is 3. The van der Waals surface area contributed by atoms with Crippen LogP contribution in [-0.4, -0.2) is 26.4 Å². The number of rotatable bonds is 7. The minimum atomic E-state index is 0.301. The van der Waals surface area contributed by atoms with E-state index in [0.29, 0.717) is 18.1 Å². The highest BCUT2D eigenvalue weighted by molar-refractivity contribution is 5.36. The molecule has 112 valence electrons. The summed E-state index contributed by atoms with van der Waals surface area (Å²) in [4.78, 5) is 0. The molecule has 3 nitrogen and oxygen atoms in total. The summed E-state index contributed by atoms with van der Waals surface area (Å²) in [5.74, 6) is 1.53. The van der Waals surface area contributed by atoms with Crippen LogP contribution in [0.5, 0.6) is 5.75 Å². The van der Waals surface area contributed by atoms with Crippen molar-refractivity contribution in [1.29, 1.82) is 0 Å². The Morgan fingerprint density at radius 1 is 1.35 bits per heavy atom. The van der Waals surface area contributed by atoms with Gasteiger partial charge in [0.25, 0.3) is 0 Å². The summed E-state index contributed by atoms with van der Waals surface area (Å²) in [6.07, 6.45) is 3.57. The molecule has 1 fully saturated rings. The molecule has 3 atom stereocenters. The predicted molar refractivity (Wildman–Crippen MR) is 82.2 cm³/mol. The molecule has 3 unspecified atom stereocenters. The SMILES string of the molecule is CCCOc1ccccc1C(NC)C1CCOC1CC. The van der Waals surface area contributed by atoms with Crippen LogP contribution >= 0.6 is 0 Å². The van der Waals surface area contributed by atoms with E-state index < -0.39 is 0 Å². The van der Waals surface area contributed by atoms with E-state index in [1.807, 2.05) is 13.1 Å². The van der Waals surface area contributed by atoms with Crippen LogP contribution in [0, 0.1) is 5.92 Å². The summed E-state index contributed by atoms with van der Waals surface area (Å²) < 4.78 is 11.8. The van der Waals surface area contributed by atoms with Gasteiger partial charge in [-0.25, -0.2) is 0 Å². The van der Waals surface area contributed by atoms with Crippen molar-refractivity contribution in [2.75, 3.05) is 20.3 Å². The Morgan fingerprint density at radius 2 is 2.15 bits per heavy atom. The van der Waals surface area contributed by atoms with Gasteiger partial charge in [-0.2, -0.15) is 0 Å². The Balaban J connectivity index is 2.22. The molecule has 20 heavy (non-hydrogen) atoms. The lowest BCUT2D eigenvalue weighted by Gasteiger charge is -2.28. The second-order valence-electron chi connectivity index (χ2n) is 5.42. The van der Waals surface area contributed by atoms with Crippen LogP contribution in [0.3, 0.4) is 0 Å². The third-order valence-corrected chi connectivity index (χ3v) is 4.12. The van der Waals surface area contributed by atoms with E-state index in [9.17, 15) is 0 Å². The number of hydrogen-bond donors (Lipinski definition) is 1. The van der Waals surface area contributed by atoms with Crippen LogP contribution in [0.25, 0.3) is 0 Å². The van der Waals surface area contributed by atoms with Gasteiger partial charge < -0.3 is 14.8 Å². The first-order valence-electron chi connectivity index (χ1n) is 7.82. The van der Waals surface area contributed by atoms with Gasteiger partial charge in [0.15, 0.2) is 0 Å². The van der Waals surface area contributed by atoms with Crippen LogP contribution in [0.1, 0.15) is 44.7 Å². The van der Waals surface area contributed by atoms with Gasteiger partial charge in [0.2, 0.25) is 0 Å². The number of ether oxygens (including phenoxy) is 2. The average molecular weight is 277 g/mol. The van der Waals surface area contributed by atoms with Gasteiger partial charge in [0, 0.05) is 24.1 Å². The molecular formula is C17H27NO2. The Labute approximate surface area is 122 Å². The molecule has 1 N–H and O–H groups in total. The summed E-state index contributed by atoms with van der Waals surface area (Å²) in [6.45, 7) is 5.98. The largest absolute Gasteiger partial charge is 0.493 e. The number of benzene rings is 1. The smallest absolute Gasteiger partial charge is 0.124 e. The van der Waals surface area contributed by atoms with Gasteiger partial charge >= 0.3 is 0 Å². The standard InChI is InChI=1S/C17H27NO2/c1-4-11-19-16-9-7-6-8-13(16)17(18-3)14-10-12-20-15(14)5-2/h6-9,14-15,17-18H,4-5,10-12H2,1-3H3. The highest BCUT2D eigenvalue weighted by atomic mass is 16.5. The average Bonchev–Trinajstić information content (AvgIpc) is 2.95. The van der Waals surface area contributed by atoms with Crippen LogP contribution in [-0.2, 0) is 4.74 Å².